The van der Waals surface area contributed by atoms with Gasteiger partial charge in [0, 0.05) is 6.54 Å². The summed E-state index contributed by atoms with van der Waals surface area (Å²) in [4.78, 5) is 23.6. The van der Waals surface area contributed by atoms with Crippen molar-refractivity contribution in [2.24, 2.45) is 0 Å². The van der Waals surface area contributed by atoms with Crippen LogP contribution in [0.4, 0.5) is 9.80 Å². The van der Waals surface area contributed by atoms with Crippen molar-refractivity contribution in [3.05, 3.63) is 16.5 Å². The molecule has 6 heteroatoms. The Hall–Kier alpha value is -1.56. The Morgan fingerprint density at radius 1 is 1.37 bits per heavy atom. The molecule has 0 saturated carbocycles. The van der Waals surface area contributed by atoms with Crippen LogP contribution >= 0.6 is 11.3 Å². The molecular formula is C13H20N2O3S. The number of anilines is 1. The third-order valence-corrected chi connectivity index (χ3v) is 3.40. The second kappa shape index (κ2) is 7.13. The fourth-order valence-corrected chi connectivity index (χ4v) is 2.72. The van der Waals surface area contributed by atoms with Crippen molar-refractivity contribution in [3.63, 3.8) is 0 Å². The van der Waals surface area contributed by atoms with Crippen LogP contribution in [0.15, 0.2) is 5.38 Å². The average Bonchev–Trinajstić information content (AvgIpc) is 2.73. The van der Waals surface area contributed by atoms with E-state index in [4.69, 9.17) is 4.74 Å². The number of ether oxygens (including phenoxy) is 1. The van der Waals surface area contributed by atoms with Crippen molar-refractivity contribution in [3.8, 4) is 0 Å². The monoisotopic (exact) mass is 284 g/mol. The largest absolute Gasteiger partial charge is 0.462 e. The van der Waals surface area contributed by atoms with Crippen LogP contribution < -0.4 is 10.6 Å². The van der Waals surface area contributed by atoms with Crippen molar-refractivity contribution >= 4 is 28.3 Å². The molecule has 0 unspecified atom stereocenters. The number of carbonyl (C=O) groups excluding carboxylic acids is 2. The summed E-state index contributed by atoms with van der Waals surface area (Å²) >= 11 is 1.34. The predicted molar refractivity (Wildman–Crippen MR) is 77.1 cm³/mol. The zero-order valence-electron chi connectivity index (χ0n) is 11.7. The van der Waals surface area contributed by atoms with Crippen molar-refractivity contribution in [2.45, 2.75) is 33.6 Å². The molecule has 0 bridgehead atoms. The normalized spacial score (nSPS) is 10.4. The van der Waals surface area contributed by atoms with E-state index in [9.17, 15) is 9.59 Å². The zero-order chi connectivity index (χ0) is 14.4. The van der Waals surface area contributed by atoms with E-state index in [1.807, 2.05) is 26.2 Å². The molecule has 0 aromatic carbocycles. The molecule has 106 valence electrons. The van der Waals surface area contributed by atoms with Gasteiger partial charge in [-0.3, -0.25) is 5.32 Å². The fourth-order valence-electron chi connectivity index (χ4n) is 1.61. The second-order valence-corrected chi connectivity index (χ2v) is 5.13. The first-order valence-corrected chi connectivity index (χ1v) is 7.22. The topological polar surface area (TPSA) is 67.4 Å². The molecule has 0 aliphatic heterocycles. The molecule has 0 aliphatic rings. The lowest BCUT2D eigenvalue weighted by atomic mass is 10.0. The minimum atomic E-state index is -0.390. The van der Waals surface area contributed by atoms with Gasteiger partial charge < -0.3 is 10.1 Å². The molecule has 0 aliphatic carbocycles. The molecule has 0 saturated heterocycles. The van der Waals surface area contributed by atoms with Crippen molar-refractivity contribution in [2.75, 3.05) is 18.5 Å². The van der Waals surface area contributed by atoms with Crippen LogP contribution in [0.3, 0.4) is 0 Å². The Balaban J connectivity index is 3.04. The molecule has 1 aromatic heterocycles. The van der Waals surface area contributed by atoms with Crippen molar-refractivity contribution in [1.29, 1.82) is 0 Å². The molecule has 0 fully saturated rings. The highest BCUT2D eigenvalue weighted by Gasteiger charge is 2.22. The summed E-state index contributed by atoms with van der Waals surface area (Å²) < 4.78 is 5.06. The van der Waals surface area contributed by atoms with E-state index in [0.29, 0.717) is 23.7 Å². The number of esters is 1. The van der Waals surface area contributed by atoms with Crippen LogP contribution in [0.2, 0.25) is 0 Å². The van der Waals surface area contributed by atoms with E-state index in [1.165, 1.54) is 11.3 Å². The van der Waals surface area contributed by atoms with E-state index in [-0.39, 0.29) is 17.9 Å². The van der Waals surface area contributed by atoms with E-state index in [2.05, 4.69) is 10.6 Å². The molecule has 1 rings (SSSR count). The molecule has 0 radical (unpaired) electrons. The fraction of sp³-hybridized carbons (Fsp3) is 0.538. The molecule has 1 heterocycles. The molecule has 19 heavy (non-hydrogen) atoms. The standard InChI is InChI=1S/C13H20N2O3S/c1-5-14-13(17)15-11-10(12(16)18-6-2)9(7-19-11)8(3)4/h7-8H,5-6H2,1-4H3,(H2,14,15,17). The number of rotatable bonds is 5. The molecule has 2 amide bonds. The smallest absolute Gasteiger partial charge is 0.341 e. The molecule has 2 N–H and O–H groups in total. The summed E-state index contributed by atoms with van der Waals surface area (Å²) in [6.07, 6.45) is 0. The summed E-state index contributed by atoms with van der Waals surface area (Å²) in [5.74, 6) is -0.195. The number of urea groups is 1. The number of amides is 2. The van der Waals surface area contributed by atoms with E-state index in [1.54, 1.807) is 6.92 Å². The Labute approximate surface area is 117 Å². The van der Waals surface area contributed by atoms with Gasteiger partial charge in [0.2, 0.25) is 0 Å². The van der Waals surface area contributed by atoms with Gasteiger partial charge in [0.05, 0.1) is 12.2 Å². The van der Waals surface area contributed by atoms with Crippen molar-refractivity contribution < 1.29 is 14.3 Å². The first-order valence-electron chi connectivity index (χ1n) is 6.34. The quantitative estimate of drug-likeness (QED) is 0.816. The van der Waals surface area contributed by atoms with Crippen molar-refractivity contribution in [1.82, 2.24) is 5.32 Å². The lowest BCUT2D eigenvalue weighted by molar-refractivity contribution is 0.0526. The van der Waals surface area contributed by atoms with E-state index < -0.39 is 0 Å². The van der Waals surface area contributed by atoms with Crippen LogP contribution in [-0.4, -0.2) is 25.2 Å². The maximum Gasteiger partial charge on any atom is 0.341 e. The van der Waals surface area contributed by atoms with E-state index >= 15 is 0 Å². The maximum atomic E-state index is 12.0. The van der Waals surface area contributed by atoms with Crippen LogP contribution in [0.25, 0.3) is 0 Å². The molecule has 5 nitrogen and oxygen atoms in total. The van der Waals surface area contributed by atoms with Gasteiger partial charge in [-0.25, -0.2) is 9.59 Å². The second-order valence-electron chi connectivity index (χ2n) is 4.25. The van der Waals surface area contributed by atoms with Crippen LogP contribution in [0.1, 0.15) is 49.5 Å². The first-order chi connectivity index (χ1) is 9.01. The molecule has 0 atom stereocenters. The lowest BCUT2D eigenvalue weighted by Gasteiger charge is -2.10. The third kappa shape index (κ3) is 3.96. The molecular weight excluding hydrogens is 264 g/mol. The Bertz CT molecular complexity index is 455. The summed E-state index contributed by atoms with van der Waals surface area (Å²) in [5, 5.41) is 7.75. The Morgan fingerprint density at radius 2 is 2.05 bits per heavy atom. The van der Waals surface area contributed by atoms with E-state index in [0.717, 1.165) is 5.56 Å². The summed E-state index contributed by atoms with van der Waals surface area (Å²) in [7, 11) is 0. The van der Waals surface area contributed by atoms with Gasteiger partial charge in [0.15, 0.2) is 0 Å². The third-order valence-electron chi connectivity index (χ3n) is 2.49. The maximum absolute atomic E-state index is 12.0. The van der Waals surface area contributed by atoms with Gasteiger partial charge in [-0.2, -0.15) is 0 Å². The number of hydrogen-bond acceptors (Lipinski definition) is 4. The SMILES string of the molecule is CCNC(=O)Nc1scc(C(C)C)c1C(=O)OCC. The Kier molecular flexibility index (Phi) is 5.82. The average molecular weight is 284 g/mol. The highest BCUT2D eigenvalue weighted by molar-refractivity contribution is 7.15. The highest BCUT2D eigenvalue weighted by atomic mass is 32.1. The molecule has 1 aromatic rings. The predicted octanol–water partition coefficient (Wildman–Crippen LogP) is 3.19. The van der Waals surface area contributed by atoms with Gasteiger partial charge in [-0.1, -0.05) is 13.8 Å². The van der Waals surface area contributed by atoms with Gasteiger partial charge in [0.1, 0.15) is 5.00 Å². The van der Waals surface area contributed by atoms with Crippen LogP contribution in [0, 0.1) is 0 Å². The first kappa shape index (κ1) is 15.5. The zero-order valence-corrected chi connectivity index (χ0v) is 12.5. The summed E-state index contributed by atoms with van der Waals surface area (Å²) in [6.45, 7) is 8.44. The van der Waals surface area contributed by atoms with Gasteiger partial charge in [-0.05, 0) is 30.7 Å². The number of hydrogen-bond donors (Lipinski definition) is 2. The van der Waals surface area contributed by atoms with Gasteiger partial charge >= 0.3 is 12.0 Å². The molecule has 0 spiro atoms. The lowest BCUT2D eigenvalue weighted by Crippen LogP contribution is -2.28. The van der Waals surface area contributed by atoms with Gasteiger partial charge in [0.25, 0.3) is 0 Å². The number of nitrogens with one attached hydrogen (secondary N) is 2. The number of thiophene rings is 1. The van der Waals surface area contributed by atoms with Crippen LogP contribution in [-0.2, 0) is 4.74 Å². The van der Waals surface area contributed by atoms with Crippen LogP contribution in [0.5, 0.6) is 0 Å². The summed E-state index contributed by atoms with van der Waals surface area (Å²) in [5.41, 5.74) is 1.36. The summed E-state index contributed by atoms with van der Waals surface area (Å²) in [6, 6.07) is -0.315. The minimum Gasteiger partial charge on any atom is -0.462 e. The number of carbonyl (C=O) groups is 2. The Morgan fingerprint density at radius 3 is 2.58 bits per heavy atom. The van der Waals surface area contributed by atoms with Gasteiger partial charge in [-0.15, -0.1) is 11.3 Å². The highest BCUT2D eigenvalue weighted by Crippen LogP contribution is 2.33. The minimum absolute atomic E-state index is 0.195.